The van der Waals surface area contributed by atoms with Crippen LogP contribution in [-0.2, 0) is 4.74 Å². The van der Waals surface area contributed by atoms with Crippen molar-refractivity contribution >= 4 is 0 Å². The molecule has 1 aliphatic rings. The zero-order valence-corrected chi connectivity index (χ0v) is 9.41. The SMILES string of the molecule is CN(C)CC1CN(CCCN)CCO1. The number of hydrogen-bond acceptors (Lipinski definition) is 4. The molecule has 1 aliphatic heterocycles. The Balaban J connectivity index is 2.21. The van der Waals surface area contributed by atoms with Gasteiger partial charge in [0.05, 0.1) is 12.7 Å². The first-order chi connectivity index (χ1) is 6.72. The van der Waals surface area contributed by atoms with Crippen molar-refractivity contribution < 1.29 is 4.74 Å². The van der Waals surface area contributed by atoms with Crippen molar-refractivity contribution in [3.8, 4) is 0 Å². The number of nitrogens with zero attached hydrogens (tertiary/aromatic N) is 2. The molecular weight excluding hydrogens is 178 g/mol. The lowest BCUT2D eigenvalue weighted by Crippen LogP contribution is -2.46. The summed E-state index contributed by atoms with van der Waals surface area (Å²) >= 11 is 0. The molecule has 2 N–H and O–H groups in total. The molecule has 1 atom stereocenters. The highest BCUT2D eigenvalue weighted by atomic mass is 16.5. The highest BCUT2D eigenvalue weighted by molar-refractivity contribution is 4.73. The van der Waals surface area contributed by atoms with E-state index < -0.39 is 0 Å². The molecule has 14 heavy (non-hydrogen) atoms. The van der Waals surface area contributed by atoms with Crippen LogP contribution in [0.5, 0.6) is 0 Å². The lowest BCUT2D eigenvalue weighted by molar-refractivity contribution is -0.0380. The van der Waals surface area contributed by atoms with Crippen LogP contribution >= 0.6 is 0 Å². The summed E-state index contributed by atoms with van der Waals surface area (Å²) in [6, 6.07) is 0. The van der Waals surface area contributed by atoms with E-state index in [0.717, 1.165) is 45.8 Å². The molecular formula is C10H23N3O. The molecule has 4 nitrogen and oxygen atoms in total. The monoisotopic (exact) mass is 201 g/mol. The summed E-state index contributed by atoms with van der Waals surface area (Å²) in [7, 11) is 4.17. The van der Waals surface area contributed by atoms with Gasteiger partial charge in [-0.1, -0.05) is 0 Å². The molecule has 4 heteroatoms. The second-order valence-corrected chi connectivity index (χ2v) is 4.20. The minimum Gasteiger partial charge on any atom is -0.374 e. The van der Waals surface area contributed by atoms with E-state index in [0.29, 0.717) is 6.10 Å². The van der Waals surface area contributed by atoms with Gasteiger partial charge in [-0.2, -0.15) is 0 Å². The molecule has 1 unspecified atom stereocenters. The molecule has 0 aromatic heterocycles. The zero-order chi connectivity index (χ0) is 10.4. The molecule has 0 bridgehead atoms. The average molecular weight is 201 g/mol. The lowest BCUT2D eigenvalue weighted by Gasteiger charge is -2.34. The molecule has 0 aromatic carbocycles. The second kappa shape index (κ2) is 6.35. The first kappa shape index (κ1) is 11.9. The van der Waals surface area contributed by atoms with E-state index in [4.69, 9.17) is 10.5 Å². The minimum atomic E-state index is 0.372. The van der Waals surface area contributed by atoms with E-state index in [2.05, 4.69) is 23.9 Å². The predicted octanol–water partition coefficient (Wildman–Crippen LogP) is -0.402. The summed E-state index contributed by atoms with van der Waals surface area (Å²) in [6.07, 6.45) is 1.46. The quantitative estimate of drug-likeness (QED) is 0.657. The van der Waals surface area contributed by atoms with E-state index in [1.54, 1.807) is 0 Å². The Morgan fingerprint density at radius 1 is 1.50 bits per heavy atom. The molecule has 1 fully saturated rings. The first-order valence-corrected chi connectivity index (χ1v) is 5.41. The second-order valence-electron chi connectivity index (χ2n) is 4.20. The van der Waals surface area contributed by atoms with Crippen molar-refractivity contribution in [3.05, 3.63) is 0 Å². The van der Waals surface area contributed by atoms with Crippen molar-refractivity contribution in [1.82, 2.24) is 9.80 Å². The molecule has 0 aromatic rings. The Kier molecular flexibility index (Phi) is 5.40. The van der Waals surface area contributed by atoms with Gasteiger partial charge in [0, 0.05) is 19.6 Å². The van der Waals surface area contributed by atoms with E-state index in [9.17, 15) is 0 Å². The van der Waals surface area contributed by atoms with E-state index in [-0.39, 0.29) is 0 Å². The third-order valence-corrected chi connectivity index (χ3v) is 2.47. The Bertz CT molecular complexity index is 152. The van der Waals surface area contributed by atoms with Crippen LogP contribution in [0.3, 0.4) is 0 Å². The van der Waals surface area contributed by atoms with Gasteiger partial charge in [0.2, 0.25) is 0 Å². The van der Waals surface area contributed by atoms with Gasteiger partial charge < -0.3 is 15.4 Å². The van der Waals surface area contributed by atoms with Gasteiger partial charge in [-0.25, -0.2) is 0 Å². The molecule has 0 aliphatic carbocycles. The first-order valence-electron chi connectivity index (χ1n) is 5.41. The van der Waals surface area contributed by atoms with Crippen LogP contribution in [0, 0.1) is 0 Å². The van der Waals surface area contributed by atoms with Crippen molar-refractivity contribution in [2.45, 2.75) is 12.5 Å². The van der Waals surface area contributed by atoms with Gasteiger partial charge >= 0.3 is 0 Å². The normalized spacial score (nSPS) is 24.4. The summed E-state index contributed by atoms with van der Waals surface area (Å²) in [4.78, 5) is 4.63. The van der Waals surface area contributed by atoms with Crippen LogP contribution in [0.4, 0.5) is 0 Å². The summed E-state index contributed by atoms with van der Waals surface area (Å²) in [5.41, 5.74) is 5.49. The fraction of sp³-hybridized carbons (Fsp3) is 1.00. The fourth-order valence-electron chi connectivity index (χ4n) is 1.82. The molecule has 0 radical (unpaired) electrons. The molecule has 84 valence electrons. The van der Waals surface area contributed by atoms with Gasteiger partial charge in [0.25, 0.3) is 0 Å². The van der Waals surface area contributed by atoms with E-state index >= 15 is 0 Å². The van der Waals surface area contributed by atoms with Crippen molar-refractivity contribution in [2.75, 3.05) is 53.4 Å². The van der Waals surface area contributed by atoms with Crippen molar-refractivity contribution in [1.29, 1.82) is 0 Å². The minimum absolute atomic E-state index is 0.372. The summed E-state index contributed by atoms with van der Waals surface area (Å²) < 4.78 is 5.68. The van der Waals surface area contributed by atoms with Crippen molar-refractivity contribution in [2.24, 2.45) is 5.73 Å². The number of rotatable bonds is 5. The van der Waals surface area contributed by atoms with Crippen LogP contribution in [0.1, 0.15) is 6.42 Å². The molecule has 0 saturated carbocycles. The third-order valence-electron chi connectivity index (χ3n) is 2.47. The van der Waals surface area contributed by atoms with E-state index in [1.165, 1.54) is 0 Å². The summed E-state index contributed by atoms with van der Waals surface area (Å²) in [5.74, 6) is 0. The van der Waals surface area contributed by atoms with Crippen LogP contribution in [-0.4, -0.2) is 69.3 Å². The lowest BCUT2D eigenvalue weighted by atomic mass is 10.2. The smallest absolute Gasteiger partial charge is 0.0829 e. The fourth-order valence-corrected chi connectivity index (χ4v) is 1.82. The zero-order valence-electron chi connectivity index (χ0n) is 9.41. The number of ether oxygens (including phenoxy) is 1. The topological polar surface area (TPSA) is 41.7 Å². The Morgan fingerprint density at radius 2 is 2.29 bits per heavy atom. The highest BCUT2D eigenvalue weighted by Crippen LogP contribution is 2.06. The Morgan fingerprint density at radius 3 is 2.93 bits per heavy atom. The van der Waals surface area contributed by atoms with Crippen LogP contribution < -0.4 is 5.73 Å². The molecule has 1 saturated heterocycles. The average Bonchev–Trinajstić information content (AvgIpc) is 2.14. The van der Waals surface area contributed by atoms with Crippen LogP contribution in [0.2, 0.25) is 0 Å². The standard InChI is InChI=1S/C10H23N3O/c1-12(2)8-10-9-13(5-3-4-11)6-7-14-10/h10H,3-9,11H2,1-2H3. The predicted molar refractivity (Wildman–Crippen MR) is 58.4 cm³/mol. The Labute approximate surface area is 87.0 Å². The molecule has 0 amide bonds. The van der Waals surface area contributed by atoms with Gasteiger partial charge in [-0.15, -0.1) is 0 Å². The van der Waals surface area contributed by atoms with E-state index in [1.807, 2.05) is 0 Å². The Hall–Kier alpha value is -0.160. The maximum atomic E-state index is 5.68. The largest absolute Gasteiger partial charge is 0.374 e. The number of nitrogens with two attached hydrogens (primary N) is 1. The molecule has 1 rings (SSSR count). The van der Waals surface area contributed by atoms with Gasteiger partial charge in [0.15, 0.2) is 0 Å². The maximum absolute atomic E-state index is 5.68. The van der Waals surface area contributed by atoms with Gasteiger partial charge in [-0.3, -0.25) is 4.90 Å². The van der Waals surface area contributed by atoms with Gasteiger partial charge in [0.1, 0.15) is 0 Å². The van der Waals surface area contributed by atoms with Gasteiger partial charge in [-0.05, 0) is 33.6 Å². The van der Waals surface area contributed by atoms with Crippen LogP contribution in [0.15, 0.2) is 0 Å². The number of likely N-dealkylation sites (N-methyl/N-ethyl adjacent to an activating group) is 1. The number of morpholine rings is 1. The number of hydrogen-bond donors (Lipinski definition) is 1. The molecule has 0 spiro atoms. The highest BCUT2D eigenvalue weighted by Gasteiger charge is 2.19. The molecule has 1 heterocycles. The van der Waals surface area contributed by atoms with Crippen LogP contribution in [0.25, 0.3) is 0 Å². The summed E-state index contributed by atoms with van der Waals surface area (Å²) in [6.45, 7) is 5.89. The third kappa shape index (κ3) is 4.37. The maximum Gasteiger partial charge on any atom is 0.0829 e. The van der Waals surface area contributed by atoms with Crippen molar-refractivity contribution in [3.63, 3.8) is 0 Å². The summed E-state index contributed by atoms with van der Waals surface area (Å²) in [5, 5.41) is 0.